The van der Waals surface area contributed by atoms with Crippen LogP contribution in [0.3, 0.4) is 0 Å². The first kappa shape index (κ1) is 10.6. The van der Waals surface area contributed by atoms with Crippen LogP contribution >= 0.6 is 0 Å². The highest BCUT2D eigenvalue weighted by Crippen LogP contribution is 2.28. The number of hydrogen-bond donors (Lipinski definition) is 1. The molecule has 0 unspecified atom stereocenters. The molecule has 4 heteroatoms. The third-order valence-electron chi connectivity index (χ3n) is 3.64. The smallest absolute Gasteiger partial charge is 0.254 e. The molecule has 1 aromatic carbocycles. The molecule has 0 aliphatic carbocycles. The Balaban J connectivity index is 1.93. The van der Waals surface area contributed by atoms with Gasteiger partial charge >= 0.3 is 0 Å². The molecule has 2 heterocycles. The second kappa shape index (κ2) is 4.04. The van der Waals surface area contributed by atoms with E-state index in [4.69, 9.17) is 0 Å². The van der Waals surface area contributed by atoms with E-state index in [0.29, 0.717) is 6.54 Å². The molecule has 1 N–H and O–H groups in total. The number of carbonyl (C=O) groups is 1. The lowest BCUT2D eigenvalue weighted by atomic mass is 10.1. The molecule has 1 fully saturated rings. The number of benzene rings is 1. The van der Waals surface area contributed by atoms with E-state index in [0.717, 1.165) is 43.0 Å². The van der Waals surface area contributed by atoms with E-state index in [-0.39, 0.29) is 5.91 Å². The number of anilines is 1. The number of fused-ring (bicyclic) bond motifs is 1. The molecule has 1 amide bonds. The van der Waals surface area contributed by atoms with Gasteiger partial charge in [0.05, 0.1) is 5.56 Å². The van der Waals surface area contributed by atoms with E-state index in [1.54, 1.807) is 0 Å². The van der Waals surface area contributed by atoms with Crippen LogP contribution in [-0.2, 0) is 6.54 Å². The van der Waals surface area contributed by atoms with Crippen LogP contribution in [-0.4, -0.2) is 44.0 Å². The molecule has 0 saturated carbocycles. The summed E-state index contributed by atoms with van der Waals surface area (Å²) in [5.74, 6) is 0.0783. The molecule has 0 bridgehead atoms. The van der Waals surface area contributed by atoms with Crippen LogP contribution in [0.25, 0.3) is 0 Å². The molecule has 0 atom stereocenters. The summed E-state index contributed by atoms with van der Waals surface area (Å²) < 4.78 is 0. The maximum absolute atomic E-state index is 11.8. The number of hydrogen-bond acceptors (Lipinski definition) is 3. The van der Waals surface area contributed by atoms with Crippen LogP contribution in [0.2, 0.25) is 0 Å². The van der Waals surface area contributed by atoms with Crippen molar-refractivity contribution >= 4 is 11.6 Å². The van der Waals surface area contributed by atoms with E-state index >= 15 is 0 Å². The lowest BCUT2D eigenvalue weighted by molar-refractivity contribution is 0.0966. The molecule has 90 valence electrons. The SMILES string of the molecule is CN1CCN(c2cccc3c2C(=O)NC3)CC1. The minimum atomic E-state index is 0.0783. The average Bonchev–Trinajstić information content (AvgIpc) is 2.73. The Hall–Kier alpha value is -1.55. The van der Waals surface area contributed by atoms with E-state index in [2.05, 4.69) is 28.2 Å². The number of amides is 1. The van der Waals surface area contributed by atoms with Crippen LogP contribution in [0.5, 0.6) is 0 Å². The van der Waals surface area contributed by atoms with Crippen LogP contribution in [0.15, 0.2) is 18.2 Å². The van der Waals surface area contributed by atoms with E-state index in [1.807, 2.05) is 12.1 Å². The third-order valence-corrected chi connectivity index (χ3v) is 3.64. The van der Waals surface area contributed by atoms with Gasteiger partial charge in [-0.25, -0.2) is 0 Å². The Morgan fingerprint density at radius 2 is 1.94 bits per heavy atom. The molecule has 0 radical (unpaired) electrons. The fourth-order valence-corrected chi connectivity index (χ4v) is 2.57. The Labute approximate surface area is 101 Å². The van der Waals surface area contributed by atoms with Gasteiger partial charge in [-0.3, -0.25) is 4.79 Å². The number of nitrogens with one attached hydrogen (secondary N) is 1. The zero-order valence-corrected chi connectivity index (χ0v) is 10.1. The summed E-state index contributed by atoms with van der Waals surface area (Å²) in [5, 5.41) is 2.90. The molecule has 1 aromatic rings. The average molecular weight is 231 g/mol. The van der Waals surface area contributed by atoms with Crippen molar-refractivity contribution in [2.24, 2.45) is 0 Å². The van der Waals surface area contributed by atoms with Crippen molar-refractivity contribution in [3.05, 3.63) is 29.3 Å². The zero-order valence-electron chi connectivity index (χ0n) is 10.1. The lowest BCUT2D eigenvalue weighted by Gasteiger charge is -2.34. The van der Waals surface area contributed by atoms with E-state index < -0.39 is 0 Å². The van der Waals surface area contributed by atoms with Crippen molar-refractivity contribution in [1.82, 2.24) is 10.2 Å². The lowest BCUT2D eigenvalue weighted by Crippen LogP contribution is -2.45. The van der Waals surface area contributed by atoms with Gasteiger partial charge < -0.3 is 15.1 Å². The Morgan fingerprint density at radius 1 is 1.18 bits per heavy atom. The topological polar surface area (TPSA) is 35.6 Å². The highest BCUT2D eigenvalue weighted by molar-refractivity contribution is 6.03. The summed E-state index contributed by atoms with van der Waals surface area (Å²) in [4.78, 5) is 16.5. The van der Waals surface area contributed by atoms with Crippen molar-refractivity contribution in [3.63, 3.8) is 0 Å². The molecule has 0 spiro atoms. The minimum Gasteiger partial charge on any atom is -0.368 e. The molecule has 0 aromatic heterocycles. The van der Waals surface area contributed by atoms with E-state index in [9.17, 15) is 4.79 Å². The summed E-state index contributed by atoms with van der Waals surface area (Å²) in [5.41, 5.74) is 3.12. The maximum Gasteiger partial charge on any atom is 0.254 e. The van der Waals surface area contributed by atoms with Crippen LogP contribution in [0.1, 0.15) is 15.9 Å². The molecule has 2 aliphatic rings. The molecule has 4 nitrogen and oxygen atoms in total. The summed E-state index contributed by atoms with van der Waals surface area (Å²) in [6.07, 6.45) is 0. The number of piperazine rings is 1. The fourth-order valence-electron chi connectivity index (χ4n) is 2.57. The molecule has 2 aliphatic heterocycles. The molecule has 1 saturated heterocycles. The fraction of sp³-hybridized carbons (Fsp3) is 0.462. The second-order valence-corrected chi connectivity index (χ2v) is 4.78. The van der Waals surface area contributed by atoms with Crippen molar-refractivity contribution in [1.29, 1.82) is 0 Å². The van der Waals surface area contributed by atoms with Gasteiger partial charge in [0.25, 0.3) is 5.91 Å². The van der Waals surface area contributed by atoms with Gasteiger partial charge in [0.15, 0.2) is 0 Å². The summed E-state index contributed by atoms with van der Waals surface area (Å²) >= 11 is 0. The number of carbonyl (C=O) groups excluding carboxylic acids is 1. The number of nitrogens with zero attached hydrogens (tertiary/aromatic N) is 2. The first-order valence-corrected chi connectivity index (χ1v) is 6.09. The van der Waals surface area contributed by atoms with Gasteiger partial charge in [-0.1, -0.05) is 12.1 Å². The Morgan fingerprint density at radius 3 is 2.71 bits per heavy atom. The predicted molar refractivity (Wildman–Crippen MR) is 67.3 cm³/mol. The summed E-state index contributed by atoms with van der Waals surface area (Å²) in [7, 11) is 2.14. The van der Waals surface area contributed by atoms with Gasteiger partial charge in [0.2, 0.25) is 0 Å². The van der Waals surface area contributed by atoms with Crippen molar-refractivity contribution in [2.75, 3.05) is 38.1 Å². The van der Waals surface area contributed by atoms with Gasteiger partial charge in [0, 0.05) is 38.4 Å². The highest BCUT2D eigenvalue weighted by Gasteiger charge is 2.26. The standard InChI is InChI=1S/C13H17N3O/c1-15-5-7-16(8-6-15)11-4-2-3-10-9-14-13(17)12(10)11/h2-4H,5-9H2,1H3,(H,14,17). The monoisotopic (exact) mass is 231 g/mol. The molecular weight excluding hydrogens is 214 g/mol. The predicted octanol–water partition coefficient (Wildman–Crippen LogP) is 0.682. The van der Waals surface area contributed by atoms with Gasteiger partial charge in [-0.05, 0) is 18.7 Å². The Bertz CT molecular complexity index is 450. The highest BCUT2D eigenvalue weighted by atomic mass is 16.1. The summed E-state index contributed by atoms with van der Waals surface area (Å²) in [6, 6.07) is 6.15. The largest absolute Gasteiger partial charge is 0.368 e. The van der Waals surface area contributed by atoms with Crippen molar-refractivity contribution in [2.45, 2.75) is 6.54 Å². The van der Waals surface area contributed by atoms with E-state index in [1.165, 1.54) is 0 Å². The van der Waals surface area contributed by atoms with Crippen molar-refractivity contribution < 1.29 is 4.79 Å². The quantitative estimate of drug-likeness (QED) is 0.772. The number of likely N-dealkylation sites (N-methyl/N-ethyl adjacent to an activating group) is 1. The maximum atomic E-state index is 11.8. The van der Waals surface area contributed by atoms with Gasteiger partial charge in [-0.15, -0.1) is 0 Å². The van der Waals surface area contributed by atoms with Crippen LogP contribution in [0.4, 0.5) is 5.69 Å². The number of rotatable bonds is 1. The van der Waals surface area contributed by atoms with Crippen LogP contribution in [0, 0.1) is 0 Å². The first-order chi connectivity index (χ1) is 8.25. The normalized spacial score (nSPS) is 20.3. The molecule has 17 heavy (non-hydrogen) atoms. The summed E-state index contributed by atoms with van der Waals surface area (Å²) in [6.45, 7) is 4.80. The van der Waals surface area contributed by atoms with Gasteiger partial charge in [-0.2, -0.15) is 0 Å². The molecule has 3 rings (SSSR count). The Kier molecular flexibility index (Phi) is 2.52. The second-order valence-electron chi connectivity index (χ2n) is 4.78. The zero-order chi connectivity index (χ0) is 11.8. The first-order valence-electron chi connectivity index (χ1n) is 6.09. The molecular formula is C13H17N3O. The van der Waals surface area contributed by atoms with Crippen LogP contribution < -0.4 is 10.2 Å². The van der Waals surface area contributed by atoms with Gasteiger partial charge in [0.1, 0.15) is 0 Å². The van der Waals surface area contributed by atoms with Crippen molar-refractivity contribution in [3.8, 4) is 0 Å². The third kappa shape index (κ3) is 1.78. The minimum absolute atomic E-state index is 0.0783.